The quantitative estimate of drug-likeness (QED) is 0.0914. The lowest BCUT2D eigenvalue weighted by atomic mass is 9.87. The number of rotatable bonds is 11. The maximum absolute atomic E-state index is 8.03. The number of hydrogen-bond acceptors (Lipinski definition) is 10. The highest BCUT2D eigenvalue weighted by atomic mass is 16.5. The summed E-state index contributed by atoms with van der Waals surface area (Å²) in [6.45, 7) is 0. The third-order valence-corrected chi connectivity index (χ3v) is 17.2. The number of unbranched alkanes of at least 4 members (excludes halogenated alkanes) is 3. The van der Waals surface area contributed by atoms with E-state index in [1.54, 1.807) is 56.9 Å². The van der Waals surface area contributed by atoms with Crippen molar-refractivity contribution in [3.8, 4) is 58.1 Å². The monoisotopic (exact) mass is 1110 g/mol. The normalized spacial score (nSPS) is 12.0. The molecule has 10 heteroatoms. The summed E-state index contributed by atoms with van der Waals surface area (Å²) in [5.74, 6) is 6.50. The van der Waals surface area contributed by atoms with E-state index in [-0.39, 0.29) is 0 Å². The van der Waals surface area contributed by atoms with E-state index in [1.165, 1.54) is 0 Å². The lowest BCUT2D eigenvalue weighted by molar-refractivity contribution is 0.406. The summed E-state index contributed by atoms with van der Waals surface area (Å²) in [5.41, 5.74) is 8.62. The van der Waals surface area contributed by atoms with Crippen LogP contribution in [0.4, 0.5) is 0 Å². The first-order chi connectivity index (χ1) is 41.2. The van der Waals surface area contributed by atoms with E-state index in [1.807, 2.05) is 12.1 Å². The van der Waals surface area contributed by atoms with Crippen LogP contribution in [0.1, 0.15) is 70.2 Å². The van der Waals surface area contributed by atoms with Crippen LogP contribution >= 0.6 is 0 Å². The van der Waals surface area contributed by atoms with E-state index < -0.39 is 0 Å². The van der Waals surface area contributed by atoms with Crippen LogP contribution in [-0.4, -0.2) is 56.9 Å². The van der Waals surface area contributed by atoms with Gasteiger partial charge < -0.3 is 37.9 Å². The van der Waals surface area contributed by atoms with Crippen molar-refractivity contribution in [2.45, 2.75) is 51.4 Å². The van der Waals surface area contributed by atoms with Crippen molar-refractivity contribution in [2.75, 3.05) is 56.9 Å². The SMILES string of the molecule is COc1ccc2cc3c4c(OC)ccc3cc2c1Cc1c(OC)ccc2cc3c(c(OC)ccc3cc12)Cc1c(OC)ccc2cc3c(c(OC)ccc3cc12)Cc1c(OC)ccc2cc3c(c(OC)ccc3cc12)C4.N#CCCCCC#N. The van der Waals surface area contributed by atoms with Crippen LogP contribution in [0, 0.1) is 22.7 Å². The Morgan fingerprint density at radius 2 is 0.393 bits per heavy atom. The third-order valence-electron chi connectivity index (χ3n) is 17.2. The summed E-state index contributed by atoms with van der Waals surface area (Å²) < 4.78 is 49.8. The summed E-state index contributed by atoms with van der Waals surface area (Å²) >= 11 is 0. The molecule has 10 nitrogen and oxygen atoms in total. The molecular weight excluding hydrogens is 1040 g/mol. The molecule has 0 spiro atoms. The van der Waals surface area contributed by atoms with Gasteiger partial charge in [-0.3, -0.25) is 0 Å². The summed E-state index contributed by atoms with van der Waals surface area (Å²) in [6, 6.07) is 56.6. The second-order valence-electron chi connectivity index (χ2n) is 21.4. The predicted octanol–water partition coefficient (Wildman–Crippen LogP) is 17.3. The van der Waals surface area contributed by atoms with Gasteiger partial charge in [0.15, 0.2) is 0 Å². The van der Waals surface area contributed by atoms with Crippen LogP contribution in [-0.2, 0) is 25.7 Å². The fourth-order valence-electron chi connectivity index (χ4n) is 13.0. The Kier molecular flexibility index (Phi) is 15.1. The van der Waals surface area contributed by atoms with E-state index in [4.69, 9.17) is 48.4 Å². The third kappa shape index (κ3) is 9.58. The molecule has 0 saturated heterocycles. The lowest BCUT2D eigenvalue weighted by Gasteiger charge is -2.21. The number of hydrogen-bond donors (Lipinski definition) is 0. The minimum atomic E-state index is 0.563. The van der Waals surface area contributed by atoms with Gasteiger partial charge in [0.2, 0.25) is 0 Å². The highest BCUT2D eigenvalue weighted by Crippen LogP contribution is 2.46. The Hall–Kier alpha value is -9.90. The van der Waals surface area contributed by atoms with E-state index in [9.17, 15) is 0 Å². The number of ether oxygens (including phenoxy) is 8. The molecule has 84 heavy (non-hydrogen) atoms. The molecule has 0 unspecified atom stereocenters. The van der Waals surface area contributed by atoms with Gasteiger partial charge in [0.1, 0.15) is 46.0 Å². The molecule has 0 aliphatic heterocycles. The van der Waals surface area contributed by atoms with Crippen molar-refractivity contribution >= 4 is 86.2 Å². The standard InChI is InChI=1S/C68H56O8.C6H8N2/c1-69-61-17-9-37-26-47-38-10-19-63(71-3)55(47)34-56-49-29-42-14-23-67(75-7)59(51(42)30-41(49)13-21-65(56)73-5)36-60-52-32-43-15-22-66(74-6)58(50(43)31-44(52)16-24-68(60)76-8)35-57-48-28-39-11-18-62(70-2)54(33-53(61)45(37)25-38)46(39)27-40(48)12-20-64(57)72-4;7-5-3-1-2-4-6-8/h9-32H,33-36H2,1-8H3;1-4H2. The van der Waals surface area contributed by atoms with Gasteiger partial charge in [0.05, 0.1) is 69.0 Å². The molecule has 12 aliphatic carbocycles. The molecule has 12 aromatic carbocycles. The molecule has 0 atom stereocenters. The average molecular weight is 1110 g/mol. The second-order valence-corrected chi connectivity index (χ2v) is 21.4. The zero-order valence-corrected chi connectivity index (χ0v) is 48.7. The zero-order valence-electron chi connectivity index (χ0n) is 48.7. The Morgan fingerprint density at radius 3 is 0.512 bits per heavy atom. The van der Waals surface area contributed by atoms with Crippen LogP contribution in [0.3, 0.4) is 0 Å². The van der Waals surface area contributed by atoms with Crippen LogP contribution in [0.5, 0.6) is 46.0 Å². The number of nitriles is 2. The van der Waals surface area contributed by atoms with Crippen molar-refractivity contribution in [2.24, 2.45) is 0 Å². The lowest BCUT2D eigenvalue weighted by Crippen LogP contribution is -2.02. The summed E-state index contributed by atoms with van der Waals surface area (Å²) in [6.07, 6.45) is 5.15. The van der Waals surface area contributed by atoms with E-state index in [2.05, 4.69) is 146 Å². The van der Waals surface area contributed by atoms with Gasteiger partial charge in [-0.1, -0.05) is 48.5 Å². The molecule has 0 heterocycles. The molecule has 0 saturated carbocycles. The summed E-state index contributed by atoms with van der Waals surface area (Å²) in [5, 5.41) is 33.7. The smallest absolute Gasteiger partial charge is 0.123 e. The molecule has 0 N–H and O–H groups in total. The van der Waals surface area contributed by atoms with Gasteiger partial charge in [-0.2, -0.15) is 10.5 Å². The predicted molar refractivity (Wildman–Crippen MR) is 339 cm³/mol. The molecule has 0 amide bonds. The fraction of sp³-hybridized carbons (Fsp3) is 0.216. The molecule has 0 fully saturated rings. The average Bonchev–Trinajstić information content (AvgIpc) is 1.66. The fourth-order valence-corrected chi connectivity index (χ4v) is 13.0. The largest absolute Gasteiger partial charge is 0.496 e. The Balaban J connectivity index is 0.000000811. The van der Waals surface area contributed by atoms with Gasteiger partial charge >= 0.3 is 0 Å². The molecule has 12 aromatic rings. The molecular formula is C74H64N2O8. The van der Waals surface area contributed by atoms with E-state index >= 15 is 0 Å². The Labute approximate surface area is 488 Å². The van der Waals surface area contributed by atoms with Crippen LogP contribution in [0.2, 0.25) is 0 Å². The van der Waals surface area contributed by atoms with Gasteiger partial charge in [-0.25, -0.2) is 0 Å². The Morgan fingerprint density at radius 1 is 0.250 bits per heavy atom. The van der Waals surface area contributed by atoms with Crippen molar-refractivity contribution < 1.29 is 37.9 Å². The van der Waals surface area contributed by atoms with Crippen LogP contribution in [0.15, 0.2) is 146 Å². The molecule has 24 bridgehead atoms. The minimum Gasteiger partial charge on any atom is -0.496 e. The first kappa shape index (κ1) is 54.7. The molecule has 418 valence electrons. The Bertz CT molecular complexity index is 3850. The van der Waals surface area contributed by atoms with Gasteiger partial charge in [0, 0.05) is 83.0 Å². The van der Waals surface area contributed by atoms with Crippen molar-refractivity contribution in [3.63, 3.8) is 0 Å². The molecule has 24 rings (SSSR count). The topological polar surface area (TPSA) is 121 Å². The zero-order chi connectivity index (χ0) is 58.2. The van der Waals surface area contributed by atoms with E-state index in [0.717, 1.165) is 190 Å². The van der Waals surface area contributed by atoms with E-state index in [0.29, 0.717) is 38.5 Å². The first-order valence-electron chi connectivity index (χ1n) is 28.3. The summed E-state index contributed by atoms with van der Waals surface area (Å²) in [7, 11) is 14.0. The molecule has 12 aliphatic rings. The van der Waals surface area contributed by atoms with Gasteiger partial charge in [0.25, 0.3) is 0 Å². The van der Waals surface area contributed by atoms with Crippen molar-refractivity contribution in [3.05, 3.63) is 190 Å². The molecule has 0 radical (unpaired) electrons. The highest BCUT2D eigenvalue weighted by molar-refractivity contribution is 6.08. The van der Waals surface area contributed by atoms with Gasteiger partial charge in [-0.05, 0) is 196 Å². The number of benzene rings is 12. The van der Waals surface area contributed by atoms with Crippen molar-refractivity contribution in [1.29, 1.82) is 10.5 Å². The minimum absolute atomic E-state index is 0.563. The van der Waals surface area contributed by atoms with Crippen LogP contribution < -0.4 is 37.9 Å². The maximum atomic E-state index is 8.03. The number of nitrogens with zero attached hydrogens (tertiary/aromatic N) is 2. The summed E-state index contributed by atoms with van der Waals surface area (Å²) in [4.78, 5) is 0. The van der Waals surface area contributed by atoms with Crippen molar-refractivity contribution in [1.82, 2.24) is 0 Å². The maximum Gasteiger partial charge on any atom is 0.123 e. The van der Waals surface area contributed by atoms with Crippen LogP contribution in [0.25, 0.3) is 86.2 Å². The van der Waals surface area contributed by atoms with Gasteiger partial charge in [-0.15, -0.1) is 0 Å². The number of methoxy groups -OCH3 is 8. The second kappa shape index (κ2) is 23.2. The highest BCUT2D eigenvalue weighted by Gasteiger charge is 2.24. The molecule has 0 aromatic heterocycles. The first-order valence-corrected chi connectivity index (χ1v) is 28.3.